The highest BCUT2D eigenvalue weighted by Gasteiger charge is 2.35. The molecule has 0 aliphatic carbocycles. The molecule has 1 aromatic rings. The van der Waals surface area contributed by atoms with Gasteiger partial charge in [-0.25, -0.2) is 0 Å². The summed E-state index contributed by atoms with van der Waals surface area (Å²) in [6.07, 6.45) is -0.409. The van der Waals surface area contributed by atoms with Gasteiger partial charge in [0.2, 0.25) is 0 Å². The largest absolute Gasteiger partial charge is 0.481 e. The van der Waals surface area contributed by atoms with Gasteiger partial charge in [0.1, 0.15) is 6.23 Å². The molecule has 2 unspecified atom stereocenters. The predicted octanol–water partition coefficient (Wildman–Crippen LogP) is 2.04. The first-order valence-corrected chi connectivity index (χ1v) is 6.27. The molecule has 0 saturated carbocycles. The zero-order valence-corrected chi connectivity index (χ0v) is 10.7. The van der Waals surface area contributed by atoms with Gasteiger partial charge in [-0.2, -0.15) is 0 Å². The lowest BCUT2D eigenvalue weighted by atomic mass is 10.0. The lowest BCUT2D eigenvalue weighted by Gasteiger charge is -2.26. The van der Waals surface area contributed by atoms with Crippen molar-refractivity contribution in [1.82, 2.24) is 0 Å². The monoisotopic (exact) mass is 249 g/mol. The third kappa shape index (κ3) is 2.34. The van der Waals surface area contributed by atoms with Crippen LogP contribution in [-0.4, -0.2) is 29.0 Å². The number of hydrogen-bond acceptors (Lipinski definition) is 3. The first-order valence-electron chi connectivity index (χ1n) is 6.27. The summed E-state index contributed by atoms with van der Waals surface area (Å²) >= 11 is 0. The van der Waals surface area contributed by atoms with Gasteiger partial charge in [-0.3, -0.25) is 4.79 Å². The van der Waals surface area contributed by atoms with E-state index in [1.807, 2.05) is 24.3 Å². The Morgan fingerprint density at radius 1 is 1.39 bits per heavy atom. The van der Waals surface area contributed by atoms with Crippen molar-refractivity contribution >= 4 is 11.7 Å². The molecule has 0 bridgehead atoms. The molecule has 1 aliphatic heterocycles. The van der Waals surface area contributed by atoms with Crippen LogP contribution in [0.3, 0.4) is 0 Å². The fraction of sp³-hybridized carbons (Fsp3) is 0.500. The topological polar surface area (TPSA) is 60.8 Å². The minimum Gasteiger partial charge on any atom is -0.481 e. The molecule has 1 saturated heterocycles. The molecular formula is C14H19NO3. The normalized spacial score (nSPS) is 23.7. The van der Waals surface area contributed by atoms with Gasteiger partial charge < -0.3 is 15.1 Å². The number of hydrogen-bond donors (Lipinski definition) is 2. The van der Waals surface area contributed by atoms with Gasteiger partial charge in [-0.1, -0.05) is 32.0 Å². The Kier molecular flexibility index (Phi) is 3.57. The van der Waals surface area contributed by atoms with Crippen LogP contribution in [0.2, 0.25) is 0 Å². The Morgan fingerprint density at radius 3 is 2.61 bits per heavy atom. The van der Waals surface area contributed by atoms with E-state index in [9.17, 15) is 9.90 Å². The summed E-state index contributed by atoms with van der Waals surface area (Å²) in [7, 11) is 0. The Labute approximate surface area is 107 Å². The van der Waals surface area contributed by atoms with E-state index in [1.165, 1.54) is 0 Å². The predicted molar refractivity (Wildman–Crippen MR) is 69.6 cm³/mol. The van der Waals surface area contributed by atoms with Crippen LogP contribution in [0, 0.1) is 5.92 Å². The molecule has 0 radical (unpaired) electrons. The summed E-state index contributed by atoms with van der Waals surface area (Å²) in [5, 5.41) is 19.1. The van der Waals surface area contributed by atoms with Crippen LogP contribution in [0.15, 0.2) is 24.3 Å². The molecule has 0 amide bonds. The molecule has 1 aliphatic rings. The van der Waals surface area contributed by atoms with Gasteiger partial charge in [0, 0.05) is 18.7 Å². The Balaban J connectivity index is 2.29. The molecule has 1 fully saturated rings. The van der Waals surface area contributed by atoms with E-state index in [0.29, 0.717) is 18.9 Å². The number of para-hydroxylation sites is 1. The molecule has 4 nitrogen and oxygen atoms in total. The number of anilines is 1. The second-order valence-electron chi connectivity index (χ2n) is 5.12. The Morgan fingerprint density at radius 2 is 2.06 bits per heavy atom. The highest BCUT2D eigenvalue weighted by molar-refractivity contribution is 5.72. The smallest absolute Gasteiger partial charge is 0.308 e. The number of aliphatic hydroxyl groups is 1. The van der Waals surface area contributed by atoms with E-state index in [-0.39, 0.29) is 0 Å². The van der Waals surface area contributed by atoms with Gasteiger partial charge in [0.15, 0.2) is 0 Å². The van der Waals surface area contributed by atoms with Crippen molar-refractivity contribution < 1.29 is 15.0 Å². The highest BCUT2D eigenvalue weighted by atomic mass is 16.4. The Hall–Kier alpha value is -1.55. The summed E-state index contributed by atoms with van der Waals surface area (Å²) in [6.45, 7) is 4.56. The van der Waals surface area contributed by atoms with Crippen molar-refractivity contribution in [2.24, 2.45) is 5.92 Å². The van der Waals surface area contributed by atoms with Crippen LogP contribution < -0.4 is 4.90 Å². The molecule has 18 heavy (non-hydrogen) atoms. The molecule has 98 valence electrons. The molecular weight excluding hydrogens is 230 g/mol. The zero-order valence-electron chi connectivity index (χ0n) is 10.7. The van der Waals surface area contributed by atoms with Gasteiger partial charge in [-0.05, 0) is 17.5 Å². The van der Waals surface area contributed by atoms with Crippen LogP contribution >= 0.6 is 0 Å². The maximum atomic E-state index is 11.0. The summed E-state index contributed by atoms with van der Waals surface area (Å²) in [4.78, 5) is 12.8. The lowest BCUT2D eigenvalue weighted by molar-refractivity contribution is -0.141. The summed E-state index contributed by atoms with van der Waals surface area (Å²) in [5.74, 6) is -0.976. The molecule has 0 aromatic heterocycles. The highest BCUT2D eigenvalue weighted by Crippen LogP contribution is 2.33. The Bertz CT molecular complexity index is 444. The van der Waals surface area contributed by atoms with Crippen molar-refractivity contribution in [3.8, 4) is 0 Å². The van der Waals surface area contributed by atoms with Crippen LogP contribution in [-0.2, 0) is 4.79 Å². The quantitative estimate of drug-likeness (QED) is 0.860. The van der Waals surface area contributed by atoms with E-state index in [0.717, 1.165) is 11.3 Å². The first kappa shape index (κ1) is 12.9. The van der Waals surface area contributed by atoms with E-state index in [1.54, 1.807) is 4.90 Å². The minimum absolute atomic E-state index is 0.293. The third-order valence-corrected chi connectivity index (χ3v) is 3.49. The molecule has 2 atom stereocenters. The molecule has 1 heterocycles. The van der Waals surface area contributed by atoms with Crippen LogP contribution in [0.5, 0.6) is 0 Å². The number of aliphatic hydroxyl groups excluding tert-OH is 1. The van der Waals surface area contributed by atoms with Crippen molar-refractivity contribution in [3.63, 3.8) is 0 Å². The summed E-state index contributed by atoms with van der Waals surface area (Å²) < 4.78 is 0. The number of rotatable bonds is 3. The molecule has 4 heteroatoms. The molecule has 2 rings (SSSR count). The number of carboxylic acid groups (broad SMARTS) is 1. The number of carbonyl (C=O) groups is 1. The minimum atomic E-state index is -0.835. The average molecular weight is 249 g/mol. The van der Waals surface area contributed by atoms with Crippen molar-refractivity contribution in [2.75, 3.05) is 11.4 Å². The number of carboxylic acids is 1. The second kappa shape index (κ2) is 4.98. The van der Waals surface area contributed by atoms with E-state index < -0.39 is 18.1 Å². The van der Waals surface area contributed by atoms with E-state index in [4.69, 9.17) is 5.11 Å². The maximum absolute atomic E-state index is 11.0. The third-order valence-electron chi connectivity index (χ3n) is 3.49. The SMILES string of the molecule is CC(C)c1ccccc1N1CC(C(=O)O)CC1O. The fourth-order valence-corrected chi connectivity index (χ4v) is 2.49. The van der Waals surface area contributed by atoms with Gasteiger partial charge in [0.05, 0.1) is 5.92 Å². The van der Waals surface area contributed by atoms with Gasteiger partial charge in [-0.15, -0.1) is 0 Å². The van der Waals surface area contributed by atoms with Crippen LogP contribution in [0.25, 0.3) is 0 Å². The molecule has 1 aromatic carbocycles. The van der Waals surface area contributed by atoms with Gasteiger partial charge in [0.25, 0.3) is 0 Å². The number of nitrogens with zero attached hydrogens (tertiary/aromatic N) is 1. The van der Waals surface area contributed by atoms with Crippen LogP contribution in [0.4, 0.5) is 5.69 Å². The number of aliphatic carboxylic acids is 1. The van der Waals surface area contributed by atoms with Crippen molar-refractivity contribution in [1.29, 1.82) is 0 Å². The maximum Gasteiger partial charge on any atom is 0.308 e. The zero-order chi connectivity index (χ0) is 13.3. The standard InChI is InChI=1S/C14H19NO3/c1-9(2)11-5-3-4-6-12(11)15-8-10(14(17)18)7-13(15)16/h3-6,9-10,13,16H,7-8H2,1-2H3,(H,17,18). The van der Waals surface area contributed by atoms with Gasteiger partial charge >= 0.3 is 5.97 Å². The number of benzene rings is 1. The fourth-order valence-electron chi connectivity index (χ4n) is 2.49. The van der Waals surface area contributed by atoms with Crippen molar-refractivity contribution in [2.45, 2.75) is 32.4 Å². The molecule has 2 N–H and O–H groups in total. The van der Waals surface area contributed by atoms with E-state index >= 15 is 0 Å². The lowest BCUT2D eigenvalue weighted by Crippen LogP contribution is -2.30. The first-order chi connectivity index (χ1) is 8.50. The molecule has 0 spiro atoms. The van der Waals surface area contributed by atoms with Crippen molar-refractivity contribution in [3.05, 3.63) is 29.8 Å². The second-order valence-corrected chi connectivity index (χ2v) is 5.12. The van der Waals surface area contributed by atoms with E-state index in [2.05, 4.69) is 13.8 Å². The summed E-state index contributed by atoms with van der Waals surface area (Å²) in [5.41, 5.74) is 2.09. The summed E-state index contributed by atoms with van der Waals surface area (Å²) in [6, 6.07) is 7.86. The average Bonchev–Trinajstić information content (AvgIpc) is 2.71. The van der Waals surface area contributed by atoms with Crippen LogP contribution in [0.1, 0.15) is 31.7 Å².